The highest BCUT2D eigenvalue weighted by atomic mass is 32.1. The lowest BCUT2D eigenvalue weighted by Gasteiger charge is -2.06. The molecule has 0 spiro atoms. The van der Waals surface area contributed by atoms with Crippen LogP contribution in [0.5, 0.6) is 0 Å². The normalized spacial score (nSPS) is 11.9. The van der Waals surface area contributed by atoms with Gasteiger partial charge in [0.2, 0.25) is 0 Å². The van der Waals surface area contributed by atoms with Gasteiger partial charge in [0.05, 0.1) is 10.4 Å². The Bertz CT molecular complexity index is 471. The SMILES string of the molecule is CC(C)c1nsc2c(C(C)C)ccnc12. The lowest BCUT2D eigenvalue weighted by atomic mass is 10.0. The van der Waals surface area contributed by atoms with E-state index >= 15 is 0 Å². The summed E-state index contributed by atoms with van der Waals surface area (Å²) in [5.74, 6) is 0.990. The second kappa shape index (κ2) is 3.89. The van der Waals surface area contributed by atoms with E-state index in [0.29, 0.717) is 11.8 Å². The fourth-order valence-corrected chi connectivity index (χ4v) is 2.85. The number of nitrogens with zero attached hydrogens (tertiary/aromatic N) is 2. The molecule has 0 unspecified atom stereocenters. The van der Waals surface area contributed by atoms with Crippen molar-refractivity contribution in [3.63, 3.8) is 0 Å². The molecule has 0 aliphatic rings. The average Bonchev–Trinajstić information content (AvgIpc) is 2.59. The first kappa shape index (κ1) is 10.6. The molecule has 2 heterocycles. The van der Waals surface area contributed by atoms with Crippen LogP contribution in [0.3, 0.4) is 0 Å². The lowest BCUT2D eigenvalue weighted by molar-refractivity contribution is 0.844. The van der Waals surface area contributed by atoms with Crippen LogP contribution in [0.2, 0.25) is 0 Å². The molecule has 2 aromatic rings. The molecular weight excluding hydrogens is 204 g/mol. The highest BCUT2D eigenvalue weighted by Crippen LogP contribution is 2.31. The summed E-state index contributed by atoms with van der Waals surface area (Å²) in [4.78, 5) is 4.45. The number of aromatic nitrogens is 2. The van der Waals surface area contributed by atoms with Crippen molar-refractivity contribution in [2.45, 2.75) is 39.5 Å². The third-order valence-corrected chi connectivity index (χ3v) is 3.48. The average molecular weight is 220 g/mol. The summed E-state index contributed by atoms with van der Waals surface area (Å²) in [6.07, 6.45) is 1.90. The van der Waals surface area contributed by atoms with Gasteiger partial charge in [-0.2, -0.15) is 4.37 Å². The number of rotatable bonds is 2. The number of pyridine rings is 1. The third-order valence-electron chi connectivity index (χ3n) is 2.58. The molecule has 80 valence electrons. The largest absolute Gasteiger partial charge is 0.253 e. The molecule has 0 saturated carbocycles. The molecule has 0 aliphatic carbocycles. The zero-order valence-corrected chi connectivity index (χ0v) is 10.4. The highest BCUT2D eigenvalue weighted by molar-refractivity contribution is 7.13. The second-order valence-corrected chi connectivity index (χ2v) is 5.23. The lowest BCUT2D eigenvalue weighted by Crippen LogP contribution is -1.91. The summed E-state index contributed by atoms with van der Waals surface area (Å²) in [5.41, 5.74) is 3.60. The van der Waals surface area contributed by atoms with Crippen LogP contribution in [0.1, 0.15) is 50.8 Å². The maximum Gasteiger partial charge on any atom is 0.105 e. The van der Waals surface area contributed by atoms with Crippen LogP contribution in [0.15, 0.2) is 12.3 Å². The molecule has 3 heteroatoms. The minimum atomic E-state index is 0.452. The Hall–Kier alpha value is -0.960. The summed E-state index contributed by atoms with van der Waals surface area (Å²) in [7, 11) is 0. The molecule has 2 nitrogen and oxygen atoms in total. The van der Waals surface area contributed by atoms with Gasteiger partial charge >= 0.3 is 0 Å². The molecule has 2 aromatic heterocycles. The van der Waals surface area contributed by atoms with Crippen molar-refractivity contribution >= 4 is 21.7 Å². The molecule has 0 saturated heterocycles. The molecule has 0 atom stereocenters. The van der Waals surface area contributed by atoms with E-state index in [1.807, 2.05) is 6.20 Å². The van der Waals surface area contributed by atoms with Crippen LogP contribution in [0.4, 0.5) is 0 Å². The number of fused-ring (bicyclic) bond motifs is 1. The Balaban J connectivity index is 2.69. The van der Waals surface area contributed by atoms with E-state index < -0.39 is 0 Å². The Kier molecular flexibility index (Phi) is 2.74. The Labute approximate surface area is 94.5 Å². The topological polar surface area (TPSA) is 25.8 Å². The van der Waals surface area contributed by atoms with E-state index in [2.05, 4.69) is 43.1 Å². The molecule has 0 aliphatic heterocycles. The second-order valence-electron chi connectivity index (χ2n) is 4.46. The van der Waals surface area contributed by atoms with Gasteiger partial charge in [-0.1, -0.05) is 27.7 Å². The first-order valence-corrected chi connectivity index (χ1v) is 6.12. The van der Waals surface area contributed by atoms with E-state index in [1.54, 1.807) is 11.5 Å². The van der Waals surface area contributed by atoms with Gasteiger partial charge in [0.15, 0.2) is 0 Å². The minimum absolute atomic E-state index is 0.452. The molecule has 0 bridgehead atoms. The van der Waals surface area contributed by atoms with Crippen molar-refractivity contribution < 1.29 is 0 Å². The van der Waals surface area contributed by atoms with Crippen molar-refractivity contribution in [1.82, 2.24) is 9.36 Å². The van der Waals surface area contributed by atoms with Crippen molar-refractivity contribution in [3.8, 4) is 0 Å². The predicted octanol–water partition coefficient (Wildman–Crippen LogP) is 3.94. The van der Waals surface area contributed by atoms with E-state index in [1.165, 1.54) is 10.3 Å². The zero-order valence-electron chi connectivity index (χ0n) is 9.61. The molecule has 15 heavy (non-hydrogen) atoms. The predicted molar refractivity (Wildman–Crippen MR) is 65.6 cm³/mol. The van der Waals surface area contributed by atoms with Crippen molar-refractivity contribution in [2.24, 2.45) is 0 Å². The zero-order chi connectivity index (χ0) is 11.0. The van der Waals surface area contributed by atoms with Crippen LogP contribution in [0, 0.1) is 0 Å². The Morgan fingerprint density at radius 3 is 2.47 bits per heavy atom. The van der Waals surface area contributed by atoms with E-state index in [9.17, 15) is 0 Å². The summed E-state index contributed by atoms with van der Waals surface area (Å²) < 4.78 is 5.78. The molecule has 0 aromatic carbocycles. The van der Waals surface area contributed by atoms with Gasteiger partial charge in [-0.15, -0.1) is 0 Å². The fraction of sp³-hybridized carbons (Fsp3) is 0.500. The summed E-state index contributed by atoms with van der Waals surface area (Å²) in [6.45, 7) is 8.75. The summed E-state index contributed by atoms with van der Waals surface area (Å²) in [5, 5.41) is 0. The monoisotopic (exact) mass is 220 g/mol. The van der Waals surface area contributed by atoms with Gasteiger partial charge in [-0.25, -0.2) is 0 Å². The first-order chi connectivity index (χ1) is 7.11. The quantitative estimate of drug-likeness (QED) is 0.766. The minimum Gasteiger partial charge on any atom is -0.253 e. The first-order valence-electron chi connectivity index (χ1n) is 5.35. The van der Waals surface area contributed by atoms with Gasteiger partial charge in [0, 0.05) is 6.20 Å². The summed E-state index contributed by atoms with van der Waals surface area (Å²) in [6, 6.07) is 2.11. The van der Waals surface area contributed by atoms with E-state index in [4.69, 9.17) is 0 Å². The van der Waals surface area contributed by atoms with Crippen LogP contribution in [0.25, 0.3) is 10.2 Å². The molecule has 2 rings (SSSR count). The molecule has 0 fully saturated rings. The maximum atomic E-state index is 4.52. The number of hydrogen-bond donors (Lipinski definition) is 0. The molecule has 0 N–H and O–H groups in total. The highest BCUT2D eigenvalue weighted by Gasteiger charge is 2.14. The van der Waals surface area contributed by atoms with Crippen molar-refractivity contribution in [2.75, 3.05) is 0 Å². The smallest absolute Gasteiger partial charge is 0.105 e. The maximum absolute atomic E-state index is 4.52. The van der Waals surface area contributed by atoms with E-state index in [0.717, 1.165) is 11.2 Å². The Morgan fingerprint density at radius 2 is 1.87 bits per heavy atom. The number of hydrogen-bond acceptors (Lipinski definition) is 3. The Morgan fingerprint density at radius 1 is 1.13 bits per heavy atom. The van der Waals surface area contributed by atoms with E-state index in [-0.39, 0.29) is 0 Å². The molecular formula is C12H16N2S. The van der Waals surface area contributed by atoms with Crippen LogP contribution in [-0.2, 0) is 0 Å². The van der Waals surface area contributed by atoms with Gasteiger partial charge in [0.1, 0.15) is 5.52 Å². The van der Waals surface area contributed by atoms with Crippen molar-refractivity contribution in [3.05, 3.63) is 23.5 Å². The fourth-order valence-electron chi connectivity index (χ4n) is 1.71. The van der Waals surface area contributed by atoms with Crippen LogP contribution >= 0.6 is 11.5 Å². The van der Waals surface area contributed by atoms with Gasteiger partial charge in [-0.05, 0) is 35.0 Å². The standard InChI is InChI=1S/C12H16N2S/c1-7(2)9-5-6-13-11-10(8(3)4)14-15-12(9)11/h5-8H,1-4H3. The van der Waals surface area contributed by atoms with Crippen LogP contribution < -0.4 is 0 Å². The van der Waals surface area contributed by atoms with Crippen LogP contribution in [-0.4, -0.2) is 9.36 Å². The summed E-state index contributed by atoms with van der Waals surface area (Å²) >= 11 is 1.58. The van der Waals surface area contributed by atoms with Crippen molar-refractivity contribution in [1.29, 1.82) is 0 Å². The molecule has 0 amide bonds. The molecule has 0 radical (unpaired) electrons. The third kappa shape index (κ3) is 1.76. The van der Waals surface area contributed by atoms with Gasteiger partial charge in [-0.3, -0.25) is 4.98 Å². The van der Waals surface area contributed by atoms with Gasteiger partial charge in [0.25, 0.3) is 0 Å². The van der Waals surface area contributed by atoms with Gasteiger partial charge < -0.3 is 0 Å².